The van der Waals surface area contributed by atoms with Gasteiger partial charge in [0.1, 0.15) is 25.0 Å². The van der Waals surface area contributed by atoms with E-state index in [1.807, 2.05) is 7.05 Å². The Kier molecular flexibility index (Phi) is 7.05. The number of likely N-dealkylation sites (N-methyl/N-ethyl adjacent to an activating group) is 1. The second kappa shape index (κ2) is 8.79. The molecule has 0 saturated carbocycles. The van der Waals surface area contributed by atoms with Crippen molar-refractivity contribution in [1.29, 1.82) is 0 Å². The fourth-order valence-electron chi connectivity index (χ4n) is 2.65. The Hall–Kier alpha value is -0.720. The third kappa shape index (κ3) is 5.48. The van der Waals surface area contributed by atoms with Gasteiger partial charge in [0.2, 0.25) is 0 Å². The van der Waals surface area contributed by atoms with Crippen molar-refractivity contribution in [1.82, 2.24) is 0 Å². The predicted octanol–water partition coefficient (Wildman–Crippen LogP) is 1.05. The lowest BCUT2D eigenvalue weighted by Crippen LogP contribution is -3.09. The van der Waals surface area contributed by atoms with E-state index < -0.39 is 6.10 Å². The molecule has 1 heterocycles. The quantitative estimate of drug-likeness (QED) is 0.748. The first-order valence-corrected chi connectivity index (χ1v) is 8.05. The Morgan fingerprint density at radius 2 is 2.36 bits per heavy atom. The molecule has 1 saturated heterocycles. The van der Waals surface area contributed by atoms with Crippen LogP contribution in [-0.2, 0) is 16.0 Å². The Bertz CT molecular complexity index is 448. The van der Waals surface area contributed by atoms with Crippen molar-refractivity contribution in [3.05, 3.63) is 34.6 Å². The van der Waals surface area contributed by atoms with Gasteiger partial charge >= 0.3 is 0 Å². The summed E-state index contributed by atoms with van der Waals surface area (Å²) in [6, 6.07) is 4.66. The SMILES string of the molecule is C[NH+](Cc1c(F)cccc1Cl)C[C@@H](O)COC[C@@H]1CCCO1. The molecule has 1 unspecified atom stereocenters. The van der Waals surface area contributed by atoms with Gasteiger partial charge in [0, 0.05) is 6.61 Å². The minimum absolute atomic E-state index is 0.162. The molecule has 1 aromatic carbocycles. The minimum atomic E-state index is -0.591. The Morgan fingerprint density at radius 3 is 3.05 bits per heavy atom. The van der Waals surface area contributed by atoms with E-state index in [0.29, 0.717) is 30.3 Å². The molecular formula is C16H24ClFNO3+. The number of aliphatic hydroxyl groups is 1. The van der Waals surface area contributed by atoms with E-state index in [9.17, 15) is 9.50 Å². The van der Waals surface area contributed by atoms with Crippen LogP contribution >= 0.6 is 11.6 Å². The lowest BCUT2D eigenvalue weighted by molar-refractivity contribution is -0.897. The third-order valence-electron chi connectivity index (χ3n) is 3.76. The van der Waals surface area contributed by atoms with Crippen LogP contribution < -0.4 is 4.90 Å². The molecule has 1 aliphatic rings. The highest BCUT2D eigenvalue weighted by atomic mass is 35.5. The highest BCUT2D eigenvalue weighted by molar-refractivity contribution is 6.31. The van der Waals surface area contributed by atoms with Crippen molar-refractivity contribution >= 4 is 11.6 Å². The molecule has 0 aliphatic carbocycles. The smallest absolute Gasteiger partial charge is 0.133 e. The summed E-state index contributed by atoms with van der Waals surface area (Å²) in [4.78, 5) is 0.972. The highest BCUT2D eigenvalue weighted by Gasteiger charge is 2.18. The zero-order chi connectivity index (χ0) is 15.9. The lowest BCUT2D eigenvalue weighted by Gasteiger charge is -2.19. The van der Waals surface area contributed by atoms with Gasteiger partial charge in [-0.25, -0.2) is 4.39 Å². The van der Waals surface area contributed by atoms with Crippen LogP contribution in [0.4, 0.5) is 4.39 Å². The molecule has 4 nitrogen and oxygen atoms in total. The summed E-state index contributed by atoms with van der Waals surface area (Å²) in [5.74, 6) is -0.309. The van der Waals surface area contributed by atoms with Crippen LogP contribution in [0.25, 0.3) is 0 Å². The summed E-state index contributed by atoms with van der Waals surface area (Å²) in [5, 5.41) is 10.4. The zero-order valence-electron chi connectivity index (χ0n) is 12.9. The Labute approximate surface area is 135 Å². The number of hydrogen-bond acceptors (Lipinski definition) is 3. The maximum absolute atomic E-state index is 13.7. The molecule has 0 radical (unpaired) electrons. The molecule has 1 aliphatic heterocycles. The highest BCUT2D eigenvalue weighted by Crippen LogP contribution is 2.17. The molecule has 6 heteroatoms. The summed E-state index contributed by atoms with van der Waals surface area (Å²) < 4.78 is 24.7. The van der Waals surface area contributed by atoms with Gasteiger partial charge < -0.3 is 19.5 Å². The third-order valence-corrected chi connectivity index (χ3v) is 4.12. The van der Waals surface area contributed by atoms with Crippen molar-refractivity contribution in [2.24, 2.45) is 0 Å². The van der Waals surface area contributed by atoms with E-state index in [-0.39, 0.29) is 18.5 Å². The van der Waals surface area contributed by atoms with Crippen LogP contribution in [-0.4, -0.2) is 50.7 Å². The average molecular weight is 333 g/mol. The van der Waals surface area contributed by atoms with Crippen LogP contribution in [0.5, 0.6) is 0 Å². The number of quaternary nitrogens is 1. The van der Waals surface area contributed by atoms with E-state index in [2.05, 4.69) is 0 Å². The monoisotopic (exact) mass is 332 g/mol. The molecule has 1 aromatic rings. The molecule has 2 N–H and O–H groups in total. The standard InChI is InChI=1S/C16H23ClFNO3/c1-19(9-14-15(17)5-2-6-16(14)18)8-12(20)10-21-11-13-4-3-7-22-13/h2,5-6,12-13,20H,3-4,7-11H2,1H3/p+1/t12-,13+/m1/s1. The number of rotatable bonds is 8. The van der Waals surface area contributed by atoms with Crippen molar-refractivity contribution in [2.45, 2.75) is 31.6 Å². The number of nitrogens with one attached hydrogen (secondary N) is 1. The summed E-state index contributed by atoms with van der Waals surface area (Å²) in [6.07, 6.45) is 1.67. The Balaban J connectivity index is 1.70. The summed E-state index contributed by atoms with van der Waals surface area (Å²) in [7, 11) is 1.89. The van der Waals surface area contributed by atoms with E-state index in [1.54, 1.807) is 12.1 Å². The van der Waals surface area contributed by atoms with Crippen LogP contribution in [0.1, 0.15) is 18.4 Å². The van der Waals surface area contributed by atoms with Gasteiger partial charge in [-0.1, -0.05) is 17.7 Å². The second-order valence-corrected chi connectivity index (χ2v) is 6.27. The first-order valence-electron chi connectivity index (χ1n) is 7.68. The predicted molar refractivity (Wildman–Crippen MR) is 82.7 cm³/mol. The molecule has 124 valence electrons. The maximum atomic E-state index is 13.7. The minimum Gasteiger partial charge on any atom is -0.385 e. The number of ether oxygens (including phenoxy) is 2. The molecule has 2 rings (SSSR count). The first kappa shape index (κ1) is 17.6. The summed E-state index contributed by atoms with van der Waals surface area (Å²) >= 11 is 6.01. The van der Waals surface area contributed by atoms with Crippen molar-refractivity contribution in [3.8, 4) is 0 Å². The van der Waals surface area contributed by atoms with Gasteiger partial charge in [-0.15, -0.1) is 0 Å². The number of halogens is 2. The molecule has 0 bridgehead atoms. The first-order chi connectivity index (χ1) is 10.6. The number of aliphatic hydroxyl groups excluding tert-OH is 1. The molecule has 1 fully saturated rings. The second-order valence-electron chi connectivity index (χ2n) is 5.86. The molecule has 0 aromatic heterocycles. The zero-order valence-corrected chi connectivity index (χ0v) is 13.6. The number of hydrogen-bond donors (Lipinski definition) is 2. The lowest BCUT2D eigenvalue weighted by atomic mass is 10.2. The van der Waals surface area contributed by atoms with E-state index >= 15 is 0 Å². The van der Waals surface area contributed by atoms with Crippen LogP contribution in [0.2, 0.25) is 5.02 Å². The van der Waals surface area contributed by atoms with Crippen LogP contribution in [0.3, 0.4) is 0 Å². The molecular weight excluding hydrogens is 309 g/mol. The summed E-state index contributed by atoms with van der Waals surface area (Å²) in [5.41, 5.74) is 0.481. The van der Waals surface area contributed by atoms with E-state index in [0.717, 1.165) is 24.3 Å². The largest absolute Gasteiger partial charge is 0.385 e. The van der Waals surface area contributed by atoms with Gasteiger partial charge in [0.15, 0.2) is 0 Å². The van der Waals surface area contributed by atoms with E-state index in [4.69, 9.17) is 21.1 Å². The molecule has 0 amide bonds. The van der Waals surface area contributed by atoms with Crippen molar-refractivity contribution < 1.29 is 23.9 Å². The molecule has 0 spiro atoms. The fraction of sp³-hybridized carbons (Fsp3) is 0.625. The van der Waals surface area contributed by atoms with Crippen molar-refractivity contribution in [2.75, 3.05) is 33.4 Å². The topological polar surface area (TPSA) is 43.1 Å². The van der Waals surface area contributed by atoms with Crippen molar-refractivity contribution in [3.63, 3.8) is 0 Å². The maximum Gasteiger partial charge on any atom is 0.133 e. The average Bonchev–Trinajstić information content (AvgIpc) is 2.96. The van der Waals surface area contributed by atoms with Gasteiger partial charge in [-0.2, -0.15) is 0 Å². The van der Waals surface area contributed by atoms with Gasteiger partial charge in [-0.3, -0.25) is 0 Å². The van der Waals surface area contributed by atoms with E-state index in [1.165, 1.54) is 6.07 Å². The van der Waals surface area contributed by atoms with Crippen LogP contribution in [0.15, 0.2) is 18.2 Å². The van der Waals surface area contributed by atoms with Gasteiger partial charge in [0.25, 0.3) is 0 Å². The molecule has 3 atom stereocenters. The van der Waals surface area contributed by atoms with Crippen LogP contribution in [0, 0.1) is 5.82 Å². The fourth-order valence-corrected chi connectivity index (χ4v) is 2.88. The van der Waals surface area contributed by atoms with Gasteiger partial charge in [-0.05, 0) is 25.0 Å². The molecule has 22 heavy (non-hydrogen) atoms. The Morgan fingerprint density at radius 1 is 1.55 bits per heavy atom. The van der Waals surface area contributed by atoms with Gasteiger partial charge in [0.05, 0.1) is 37.0 Å². The normalized spacial score (nSPS) is 21.0. The number of benzene rings is 1. The summed E-state index contributed by atoms with van der Waals surface area (Å²) in [6.45, 7) is 2.48.